The summed E-state index contributed by atoms with van der Waals surface area (Å²) in [5.41, 5.74) is 12.1. The lowest BCUT2D eigenvalue weighted by molar-refractivity contribution is -0.138. The first-order valence-corrected chi connectivity index (χ1v) is 5.19. The van der Waals surface area contributed by atoms with Gasteiger partial charge in [-0.1, -0.05) is 18.2 Å². The molecule has 104 valence electrons. The number of pyridine rings is 1. The van der Waals surface area contributed by atoms with E-state index >= 15 is 0 Å². The molecule has 0 saturated carbocycles. The molecular weight excluding hydrogens is 289 g/mol. The molecule has 0 fully saturated rings. The smallest absolute Gasteiger partial charge is 0.320 e. The minimum atomic E-state index is -1.00. The average molecular weight is 304 g/mol. The predicted molar refractivity (Wildman–Crippen MR) is 80.0 cm³/mol. The monoisotopic (exact) mass is 303 g/mol. The zero-order valence-electron chi connectivity index (χ0n) is 9.95. The van der Waals surface area contributed by atoms with Crippen LogP contribution in [0.25, 0.3) is 10.8 Å². The SMILES string of the molecule is Cl.Cl.Nc1nccc2cc(CC(N)C(=O)O)ccc12. The van der Waals surface area contributed by atoms with E-state index in [9.17, 15) is 4.79 Å². The van der Waals surface area contributed by atoms with E-state index in [1.54, 1.807) is 6.20 Å². The Hall–Kier alpha value is -1.56. The molecule has 2 aromatic rings. The lowest BCUT2D eigenvalue weighted by Crippen LogP contribution is -2.32. The van der Waals surface area contributed by atoms with Crippen molar-refractivity contribution in [1.29, 1.82) is 0 Å². The van der Waals surface area contributed by atoms with Gasteiger partial charge in [0.1, 0.15) is 11.9 Å². The molecule has 5 nitrogen and oxygen atoms in total. The number of halogens is 2. The minimum Gasteiger partial charge on any atom is -0.480 e. The molecule has 0 saturated heterocycles. The first kappa shape index (κ1) is 17.4. The Morgan fingerprint density at radius 1 is 1.32 bits per heavy atom. The summed E-state index contributed by atoms with van der Waals surface area (Å²) < 4.78 is 0. The Kier molecular flexibility index (Phi) is 6.55. The molecule has 1 aromatic heterocycles. The maximum Gasteiger partial charge on any atom is 0.320 e. The van der Waals surface area contributed by atoms with E-state index < -0.39 is 12.0 Å². The van der Waals surface area contributed by atoms with Crippen molar-refractivity contribution in [2.24, 2.45) is 5.73 Å². The Balaban J connectivity index is 0.00000162. The van der Waals surface area contributed by atoms with Gasteiger partial charge in [0.2, 0.25) is 0 Å². The lowest BCUT2D eigenvalue weighted by atomic mass is 10.0. The van der Waals surface area contributed by atoms with E-state index in [1.807, 2.05) is 24.3 Å². The number of anilines is 1. The highest BCUT2D eigenvalue weighted by Crippen LogP contribution is 2.20. The molecular formula is C12H15Cl2N3O2. The third-order valence-corrected chi connectivity index (χ3v) is 2.63. The van der Waals surface area contributed by atoms with Crippen LogP contribution in [-0.4, -0.2) is 22.1 Å². The van der Waals surface area contributed by atoms with Crippen molar-refractivity contribution in [2.45, 2.75) is 12.5 Å². The normalized spacial score (nSPS) is 11.2. The van der Waals surface area contributed by atoms with E-state index in [0.717, 1.165) is 16.3 Å². The van der Waals surface area contributed by atoms with Crippen LogP contribution in [0.5, 0.6) is 0 Å². The number of fused-ring (bicyclic) bond motifs is 1. The van der Waals surface area contributed by atoms with Gasteiger partial charge in [-0.25, -0.2) is 4.98 Å². The van der Waals surface area contributed by atoms with Gasteiger partial charge in [-0.15, -0.1) is 24.8 Å². The quantitative estimate of drug-likeness (QED) is 0.799. The predicted octanol–water partition coefficient (Wildman–Crippen LogP) is 1.61. The van der Waals surface area contributed by atoms with Crippen molar-refractivity contribution in [3.8, 4) is 0 Å². The van der Waals surface area contributed by atoms with E-state index in [4.69, 9.17) is 16.6 Å². The number of hydrogen-bond acceptors (Lipinski definition) is 4. The molecule has 0 spiro atoms. The van der Waals surface area contributed by atoms with Crippen LogP contribution in [0.4, 0.5) is 5.82 Å². The van der Waals surface area contributed by atoms with Crippen LogP contribution in [0.2, 0.25) is 0 Å². The van der Waals surface area contributed by atoms with Crippen LogP contribution in [0, 0.1) is 0 Å². The average Bonchev–Trinajstić information content (AvgIpc) is 2.29. The van der Waals surface area contributed by atoms with Crippen LogP contribution in [0.1, 0.15) is 5.56 Å². The number of carboxylic acid groups (broad SMARTS) is 1. The van der Waals surface area contributed by atoms with Gasteiger partial charge in [0.15, 0.2) is 0 Å². The van der Waals surface area contributed by atoms with Crippen LogP contribution in [0.3, 0.4) is 0 Å². The number of nitrogens with two attached hydrogens (primary N) is 2. The third kappa shape index (κ3) is 3.96. The number of benzene rings is 1. The van der Waals surface area contributed by atoms with Crippen molar-refractivity contribution in [1.82, 2.24) is 4.98 Å². The Morgan fingerprint density at radius 2 is 2.00 bits per heavy atom. The number of aromatic nitrogens is 1. The Bertz CT molecular complexity index is 578. The molecule has 0 amide bonds. The number of nitrogen functional groups attached to an aromatic ring is 1. The maximum atomic E-state index is 10.7. The molecule has 7 heteroatoms. The second kappa shape index (κ2) is 7.13. The van der Waals surface area contributed by atoms with Gasteiger partial charge >= 0.3 is 5.97 Å². The lowest BCUT2D eigenvalue weighted by Gasteiger charge is -2.08. The molecule has 0 aliphatic heterocycles. The van der Waals surface area contributed by atoms with Crippen molar-refractivity contribution in [3.63, 3.8) is 0 Å². The molecule has 1 unspecified atom stereocenters. The largest absolute Gasteiger partial charge is 0.480 e. The summed E-state index contributed by atoms with van der Waals surface area (Å²) in [6.07, 6.45) is 1.92. The Labute approximate surface area is 122 Å². The van der Waals surface area contributed by atoms with Gasteiger partial charge in [-0.3, -0.25) is 4.79 Å². The summed E-state index contributed by atoms with van der Waals surface area (Å²) >= 11 is 0. The van der Waals surface area contributed by atoms with Gasteiger partial charge in [0.05, 0.1) is 0 Å². The molecule has 19 heavy (non-hydrogen) atoms. The topological polar surface area (TPSA) is 102 Å². The fourth-order valence-electron chi connectivity index (χ4n) is 1.72. The first-order valence-electron chi connectivity index (χ1n) is 5.19. The second-order valence-corrected chi connectivity index (χ2v) is 3.90. The van der Waals surface area contributed by atoms with Crippen LogP contribution >= 0.6 is 24.8 Å². The molecule has 0 bridgehead atoms. The standard InChI is InChI=1S/C12H13N3O2.2ClH/c13-10(12(16)17)6-7-1-2-9-8(5-7)3-4-15-11(9)14;;/h1-5,10H,6,13H2,(H2,14,15)(H,16,17);2*1H. The van der Waals surface area contributed by atoms with Crippen molar-refractivity contribution < 1.29 is 9.90 Å². The zero-order valence-corrected chi connectivity index (χ0v) is 11.6. The van der Waals surface area contributed by atoms with Crippen molar-refractivity contribution >= 4 is 47.4 Å². The minimum absolute atomic E-state index is 0. The van der Waals surface area contributed by atoms with Gasteiger partial charge in [-0.05, 0) is 23.4 Å². The number of hydrogen-bond donors (Lipinski definition) is 3. The van der Waals surface area contributed by atoms with Gasteiger partial charge < -0.3 is 16.6 Å². The van der Waals surface area contributed by atoms with E-state index in [2.05, 4.69) is 4.98 Å². The van der Waals surface area contributed by atoms with E-state index in [1.165, 1.54) is 0 Å². The zero-order chi connectivity index (χ0) is 12.4. The second-order valence-electron chi connectivity index (χ2n) is 3.90. The van der Waals surface area contributed by atoms with Gasteiger partial charge in [0, 0.05) is 11.6 Å². The van der Waals surface area contributed by atoms with Crippen LogP contribution < -0.4 is 11.5 Å². The summed E-state index contributed by atoms with van der Waals surface area (Å²) in [4.78, 5) is 14.7. The summed E-state index contributed by atoms with van der Waals surface area (Å²) in [6.45, 7) is 0. The maximum absolute atomic E-state index is 10.7. The molecule has 1 aromatic carbocycles. The molecule has 1 atom stereocenters. The summed E-state index contributed by atoms with van der Waals surface area (Å²) in [7, 11) is 0. The number of carboxylic acids is 1. The van der Waals surface area contributed by atoms with Crippen LogP contribution in [-0.2, 0) is 11.2 Å². The molecule has 2 rings (SSSR count). The fraction of sp³-hybridized carbons (Fsp3) is 0.167. The highest BCUT2D eigenvalue weighted by Gasteiger charge is 2.12. The number of rotatable bonds is 3. The summed E-state index contributed by atoms with van der Waals surface area (Å²) in [5.74, 6) is -0.532. The molecule has 5 N–H and O–H groups in total. The molecule has 0 aliphatic rings. The van der Waals surface area contributed by atoms with Crippen molar-refractivity contribution in [2.75, 3.05) is 5.73 Å². The third-order valence-electron chi connectivity index (χ3n) is 2.63. The van der Waals surface area contributed by atoms with Crippen LogP contribution in [0.15, 0.2) is 30.5 Å². The Morgan fingerprint density at radius 3 is 2.63 bits per heavy atom. The molecule has 0 aliphatic carbocycles. The highest BCUT2D eigenvalue weighted by molar-refractivity contribution is 5.91. The van der Waals surface area contributed by atoms with Crippen molar-refractivity contribution in [3.05, 3.63) is 36.0 Å². The fourth-order valence-corrected chi connectivity index (χ4v) is 1.72. The number of carbonyl (C=O) groups is 1. The first-order chi connectivity index (χ1) is 8.08. The van der Waals surface area contributed by atoms with Gasteiger partial charge in [0.25, 0.3) is 0 Å². The number of aliphatic carboxylic acids is 1. The summed E-state index contributed by atoms with van der Waals surface area (Å²) in [5, 5.41) is 10.5. The van der Waals surface area contributed by atoms with Gasteiger partial charge in [-0.2, -0.15) is 0 Å². The van der Waals surface area contributed by atoms with E-state index in [0.29, 0.717) is 12.2 Å². The molecule has 0 radical (unpaired) electrons. The summed E-state index contributed by atoms with van der Waals surface area (Å²) in [6, 6.07) is 6.49. The van der Waals surface area contributed by atoms with E-state index in [-0.39, 0.29) is 24.8 Å². The number of nitrogens with zero attached hydrogens (tertiary/aromatic N) is 1. The highest BCUT2D eigenvalue weighted by atomic mass is 35.5. The molecule has 1 heterocycles.